The minimum absolute atomic E-state index is 0.155. The van der Waals surface area contributed by atoms with Crippen molar-refractivity contribution in [3.05, 3.63) is 57.0 Å². The zero-order valence-corrected chi connectivity index (χ0v) is 21.9. The van der Waals surface area contributed by atoms with E-state index in [4.69, 9.17) is 39.5 Å². The summed E-state index contributed by atoms with van der Waals surface area (Å²) in [5.41, 5.74) is 1.64. The fraction of sp³-hybridized carbons (Fsp3) is 0.360. The lowest BCUT2D eigenvalue weighted by molar-refractivity contribution is -0.139. The van der Waals surface area contributed by atoms with E-state index < -0.39 is 5.41 Å². The van der Waals surface area contributed by atoms with E-state index in [-0.39, 0.29) is 11.8 Å². The van der Waals surface area contributed by atoms with E-state index in [9.17, 15) is 9.59 Å². The van der Waals surface area contributed by atoms with E-state index in [1.807, 2.05) is 31.7 Å². The Bertz CT molecular complexity index is 1100. The molecule has 6 nitrogen and oxygen atoms in total. The Morgan fingerprint density at radius 2 is 1.68 bits per heavy atom. The lowest BCUT2D eigenvalue weighted by atomic mass is 9.94. The molecule has 1 fully saturated rings. The number of halogens is 3. The third kappa shape index (κ3) is 6.38. The number of rotatable bonds is 5. The summed E-state index contributed by atoms with van der Waals surface area (Å²) < 4.78 is 5.29. The molecule has 182 valence electrons. The summed E-state index contributed by atoms with van der Waals surface area (Å²) in [5, 5.41) is 4.13. The van der Waals surface area contributed by atoms with Crippen LogP contribution in [0.1, 0.15) is 26.3 Å². The van der Waals surface area contributed by atoms with Gasteiger partial charge in [-0.25, -0.2) is 0 Å². The quantitative estimate of drug-likeness (QED) is 0.487. The number of methoxy groups -OCH3 is 1. The van der Waals surface area contributed by atoms with Crippen LogP contribution in [0.4, 0.5) is 11.4 Å². The summed E-state index contributed by atoms with van der Waals surface area (Å²) in [4.78, 5) is 29.0. The number of hydrogen-bond acceptors (Lipinski definition) is 4. The summed E-state index contributed by atoms with van der Waals surface area (Å²) in [7, 11) is 1.50. The molecule has 0 atom stereocenters. The molecule has 0 aromatic heterocycles. The first-order chi connectivity index (χ1) is 16.0. The van der Waals surface area contributed by atoms with E-state index in [1.54, 1.807) is 30.3 Å². The van der Waals surface area contributed by atoms with Gasteiger partial charge in [-0.1, -0.05) is 55.6 Å². The van der Waals surface area contributed by atoms with Crippen LogP contribution in [0, 0.1) is 5.41 Å². The zero-order valence-electron chi connectivity index (χ0n) is 19.6. The standard InChI is InChI=1S/C25H28Cl3N3O3/c1-25(2,3)24(33)31-11-9-30(10-12-31)21-7-6-18(15-19(21)27)29-22(32)8-5-16-13-17(26)14-20(28)23(16)34-4/h5-8,13-15H,9-12H2,1-4H3,(H,29,32)/b8-5+. The van der Waals surface area contributed by atoms with Crippen LogP contribution in [0.5, 0.6) is 5.75 Å². The molecule has 0 spiro atoms. The van der Waals surface area contributed by atoms with Crippen LogP contribution in [0.2, 0.25) is 15.1 Å². The molecule has 0 unspecified atom stereocenters. The number of piperazine rings is 1. The number of hydrogen-bond donors (Lipinski definition) is 1. The number of nitrogens with zero attached hydrogens (tertiary/aromatic N) is 2. The van der Waals surface area contributed by atoms with Crippen LogP contribution in [0.3, 0.4) is 0 Å². The van der Waals surface area contributed by atoms with E-state index in [0.717, 1.165) is 5.69 Å². The largest absolute Gasteiger partial charge is 0.495 e. The number of carbonyl (C=O) groups excluding carboxylic acids is 2. The van der Waals surface area contributed by atoms with Gasteiger partial charge in [0.1, 0.15) is 5.75 Å². The Balaban J connectivity index is 1.63. The molecule has 0 radical (unpaired) electrons. The van der Waals surface area contributed by atoms with E-state index in [2.05, 4.69) is 10.2 Å². The average Bonchev–Trinajstić information content (AvgIpc) is 2.76. The SMILES string of the molecule is COc1c(Cl)cc(Cl)cc1/C=C/C(=O)Nc1ccc(N2CCN(C(=O)C(C)(C)C)CC2)c(Cl)c1. The van der Waals surface area contributed by atoms with E-state index >= 15 is 0 Å². The Morgan fingerprint density at radius 1 is 1.00 bits per heavy atom. The summed E-state index contributed by atoms with van der Waals surface area (Å²) in [5.74, 6) is 0.255. The Morgan fingerprint density at radius 3 is 2.26 bits per heavy atom. The molecule has 1 aliphatic heterocycles. The van der Waals surface area contributed by atoms with E-state index in [1.165, 1.54) is 13.2 Å². The summed E-state index contributed by atoms with van der Waals surface area (Å²) >= 11 is 18.7. The number of ether oxygens (including phenoxy) is 1. The predicted molar refractivity (Wildman–Crippen MR) is 140 cm³/mol. The number of carbonyl (C=O) groups is 2. The van der Waals surface area contributed by atoms with Gasteiger partial charge in [-0.15, -0.1) is 0 Å². The van der Waals surface area contributed by atoms with Crippen molar-refractivity contribution in [1.29, 1.82) is 0 Å². The van der Waals surface area contributed by atoms with Gasteiger partial charge in [0.25, 0.3) is 0 Å². The first-order valence-corrected chi connectivity index (χ1v) is 12.0. The minimum Gasteiger partial charge on any atom is -0.495 e. The molecule has 0 bridgehead atoms. The molecule has 34 heavy (non-hydrogen) atoms. The van der Waals surface area contributed by atoms with Gasteiger partial charge in [0.05, 0.1) is 22.8 Å². The van der Waals surface area contributed by atoms with E-state index in [0.29, 0.717) is 58.2 Å². The van der Waals surface area contributed by atoms with Gasteiger partial charge in [-0.05, 0) is 36.4 Å². The molecule has 1 aliphatic rings. The van der Waals surface area contributed by atoms with Crippen molar-refractivity contribution in [2.75, 3.05) is 43.5 Å². The van der Waals surface area contributed by atoms with Crippen molar-refractivity contribution in [2.24, 2.45) is 5.41 Å². The molecule has 9 heteroatoms. The lowest BCUT2D eigenvalue weighted by Crippen LogP contribution is -2.51. The average molecular weight is 525 g/mol. The van der Waals surface area contributed by atoms with Gasteiger partial charge in [0, 0.05) is 53.9 Å². The third-order valence-corrected chi connectivity index (χ3v) is 6.22. The second-order valence-corrected chi connectivity index (χ2v) is 10.3. The van der Waals surface area contributed by atoms with Gasteiger partial charge in [0.15, 0.2) is 0 Å². The zero-order chi connectivity index (χ0) is 25.0. The van der Waals surface area contributed by atoms with Crippen LogP contribution in [-0.4, -0.2) is 50.0 Å². The second kappa shape index (κ2) is 10.9. The molecule has 1 heterocycles. The predicted octanol–water partition coefficient (Wildman–Crippen LogP) is 6.00. The molecule has 1 saturated heterocycles. The molecule has 1 N–H and O–H groups in total. The summed E-state index contributed by atoms with van der Waals surface area (Å²) in [6, 6.07) is 8.63. The highest BCUT2D eigenvalue weighted by Crippen LogP contribution is 2.33. The summed E-state index contributed by atoms with van der Waals surface area (Å²) in [6.07, 6.45) is 2.96. The Labute approximate surface area is 215 Å². The normalized spacial score (nSPS) is 14.4. The van der Waals surface area contributed by atoms with Crippen LogP contribution < -0.4 is 15.0 Å². The highest BCUT2D eigenvalue weighted by atomic mass is 35.5. The lowest BCUT2D eigenvalue weighted by Gasteiger charge is -2.39. The van der Waals surface area contributed by atoms with Crippen molar-refractivity contribution >= 4 is 64.1 Å². The molecule has 2 amide bonds. The fourth-order valence-corrected chi connectivity index (χ4v) is 4.62. The smallest absolute Gasteiger partial charge is 0.248 e. The third-order valence-electron chi connectivity index (χ3n) is 5.42. The van der Waals surface area contributed by atoms with Crippen molar-refractivity contribution in [2.45, 2.75) is 20.8 Å². The van der Waals surface area contributed by atoms with Gasteiger partial charge < -0.3 is 19.9 Å². The maximum absolute atomic E-state index is 12.5. The van der Waals surface area contributed by atoms with Gasteiger partial charge >= 0.3 is 0 Å². The molecule has 2 aromatic carbocycles. The molecule has 3 rings (SSSR count). The molecule has 0 saturated carbocycles. The number of amides is 2. The van der Waals surface area contributed by atoms with Gasteiger partial charge in [0.2, 0.25) is 11.8 Å². The molecular formula is C25H28Cl3N3O3. The monoisotopic (exact) mass is 523 g/mol. The topological polar surface area (TPSA) is 61.9 Å². The highest BCUT2D eigenvalue weighted by Gasteiger charge is 2.30. The number of anilines is 2. The van der Waals surface area contributed by atoms with Crippen LogP contribution >= 0.6 is 34.8 Å². The number of nitrogens with one attached hydrogen (secondary N) is 1. The van der Waals surface area contributed by atoms with Crippen molar-refractivity contribution in [1.82, 2.24) is 4.90 Å². The van der Waals surface area contributed by atoms with Crippen molar-refractivity contribution < 1.29 is 14.3 Å². The maximum atomic E-state index is 12.5. The molecule has 2 aromatic rings. The van der Waals surface area contributed by atoms with Crippen molar-refractivity contribution in [3.63, 3.8) is 0 Å². The molecule has 0 aliphatic carbocycles. The second-order valence-electron chi connectivity index (χ2n) is 9.03. The van der Waals surface area contributed by atoms with Crippen LogP contribution in [0.15, 0.2) is 36.4 Å². The Hall–Kier alpha value is -2.41. The van der Waals surface area contributed by atoms with Crippen LogP contribution in [-0.2, 0) is 9.59 Å². The number of benzene rings is 2. The van der Waals surface area contributed by atoms with Gasteiger partial charge in [-0.2, -0.15) is 0 Å². The van der Waals surface area contributed by atoms with Crippen molar-refractivity contribution in [3.8, 4) is 5.75 Å². The minimum atomic E-state index is -0.391. The first-order valence-electron chi connectivity index (χ1n) is 10.9. The fourth-order valence-electron chi connectivity index (χ4n) is 3.73. The molecular weight excluding hydrogens is 497 g/mol. The highest BCUT2D eigenvalue weighted by molar-refractivity contribution is 6.36. The van der Waals surface area contributed by atoms with Gasteiger partial charge in [-0.3, -0.25) is 9.59 Å². The maximum Gasteiger partial charge on any atom is 0.248 e. The Kier molecular flexibility index (Phi) is 8.39. The van der Waals surface area contributed by atoms with Crippen LogP contribution in [0.25, 0.3) is 6.08 Å². The summed E-state index contributed by atoms with van der Waals surface area (Å²) in [6.45, 7) is 8.48. The first kappa shape index (κ1) is 26.2.